The van der Waals surface area contributed by atoms with Crippen LogP contribution in [0.15, 0.2) is 42.6 Å². The maximum absolute atomic E-state index is 12.7. The van der Waals surface area contributed by atoms with E-state index in [9.17, 15) is 4.79 Å². The average Bonchev–Trinajstić information content (AvgIpc) is 2.67. The van der Waals surface area contributed by atoms with Crippen LogP contribution in [0.3, 0.4) is 0 Å². The molecule has 0 fully saturated rings. The van der Waals surface area contributed by atoms with Gasteiger partial charge in [0.05, 0.1) is 12.8 Å². The fraction of sp³-hybridized carbons (Fsp3) is 0.190. The minimum atomic E-state index is -0.370. The molecule has 3 aromatic rings. The highest BCUT2D eigenvalue weighted by Crippen LogP contribution is 2.31. The van der Waals surface area contributed by atoms with E-state index >= 15 is 0 Å². The monoisotopic (exact) mass is 396 g/mol. The Morgan fingerprint density at radius 1 is 1.04 bits per heavy atom. The lowest BCUT2D eigenvalue weighted by Gasteiger charge is -2.12. The van der Waals surface area contributed by atoms with Crippen LogP contribution in [0.4, 0.5) is 17.3 Å². The van der Waals surface area contributed by atoms with Crippen molar-refractivity contribution in [2.24, 2.45) is 0 Å². The van der Waals surface area contributed by atoms with Crippen molar-refractivity contribution in [1.29, 1.82) is 0 Å². The molecule has 0 radical (unpaired) electrons. The third kappa shape index (κ3) is 4.40. The van der Waals surface area contributed by atoms with Gasteiger partial charge < -0.3 is 15.4 Å². The number of ether oxygens (including phenoxy) is 1. The van der Waals surface area contributed by atoms with Gasteiger partial charge in [-0.2, -0.15) is 0 Å². The van der Waals surface area contributed by atoms with Crippen LogP contribution in [0.5, 0.6) is 5.75 Å². The zero-order valence-corrected chi connectivity index (χ0v) is 16.9. The summed E-state index contributed by atoms with van der Waals surface area (Å²) in [7, 11) is 1.52. The van der Waals surface area contributed by atoms with Gasteiger partial charge in [-0.05, 0) is 61.7 Å². The Morgan fingerprint density at radius 3 is 2.54 bits per heavy atom. The highest BCUT2D eigenvalue weighted by molar-refractivity contribution is 6.31. The highest BCUT2D eigenvalue weighted by Gasteiger charge is 2.14. The maximum Gasteiger partial charge on any atom is 0.274 e. The molecule has 0 aliphatic heterocycles. The minimum Gasteiger partial charge on any atom is -0.495 e. The van der Waals surface area contributed by atoms with Crippen LogP contribution >= 0.6 is 11.6 Å². The van der Waals surface area contributed by atoms with E-state index in [0.717, 1.165) is 16.8 Å². The number of methoxy groups -OCH3 is 1. The Labute approximate surface area is 168 Å². The number of aryl methyl sites for hydroxylation is 3. The number of anilines is 3. The molecule has 1 aromatic heterocycles. The number of benzene rings is 2. The molecule has 0 saturated heterocycles. The van der Waals surface area contributed by atoms with Crippen molar-refractivity contribution in [3.63, 3.8) is 0 Å². The number of amides is 1. The molecular weight excluding hydrogens is 376 g/mol. The Kier molecular flexibility index (Phi) is 5.80. The van der Waals surface area contributed by atoms with Crippen LogP contribution in [-0.4, -0.2) is 23.0 Å². The predicted molar refractivity (Wildman–Crippen MR) is 112 cm³/mol. The van der Waals surface area contributed by atoms with E-state index in [0.29, 0.717) is 22.4 Å². The molecular formula is C21H21ClN4O2. The van der Waals surface area contributed by atoms with Gasteiger partial charge in [0, 0.05) is 23.0 Å². The Morgan fingerprint density at radius 2 is 1.82 bits per heavy atom. The molecule has 1 heterocycles. The first-order chi connectivity index (χ1) is 13.4. The van der Waals surface area contributed by atoms with Crippen molar-refractivity contribution < 1.29 is 9.53 Å². The summed E-state index contributed by atoms with van der Waals surface area (Å²) in [6, 6.07) is 10.9. The molecule has 0 saturated carbocycles. The van der Waals surface area contributed by atoms with E-state index in [2.05, 4.69) is 20.6 Å². The van der Waals surface area contributed by atoms with Crippen LogP contribution in [0, 0.1) is 20.8 Å². The molecule has 0 unspecified atom stereocenters. The first-order valence-electron chi connectivity index (χ1n) is 8.70. The molecule has 0 spiro atoms. The summed E-state index contributed by atoms with van der Waals surface area (Å²) < 4.78 is 5.30. The first-order valence-corrected chi connectivity index (χ1v) is 9.08. The van der Waals surface area contributed by atoms with Crippen LogP contribution < -0.4 is 15.4 Å². The smallest absolute Gasteiger partial charge is 0.274 e. The van der Waals surface area contributed by atoms with E-state index in [4.69, 9.17) is 16.3 Å². The van der Waals surface area contributed by atoms with Crippen LogP contribution in [0.2, 0.25) is 5.02 Å². The summed E-state index contributed by atoms with van der Waals surface area (Å²) in [6.45, 7) is 5.94. The molecule has 28 heavy (non-hydrogen) atoms. The van der Waals surface area contributed by atoms with E-state index in [-0.39, 0.29) is 11.6 Å². The minimum absolute atomic E-state index is 0.232. The largest absolute Gasteiger partial charge is 0.495 e. The second kappa shape index (κ2) is 8.27. The average molecular weight is 397 g/mol. The molecule has 2 aromatic carbocycles. The van der Waals surface area contributed by atoms with Crippen LogP contribution in [0.1, 0.15) is 27.2 Å². The third-order valence-electron chi connectivity index (χ3n) is 4.38. The normalized spacial score (nSPS) is 10.5. The lowest BCUT2D eigenvalue weighted by Crippen LogP contribution is -2.15. The van der Waals surface area contributed by atoms with Gasteiger partial charge in [0.15, 0.2) is 0 Å². The van der Waals surface area contributed by atoms with Crippen molar-refractivity contribution in [3.05, 3.63) is 70.0 Å². The fourth-order valence-electron chi connectivity index (χ4n) is 2.61. The second-order valence-corrected chi connectivity index (χ2v) is 6.85. The summed E-state index contributed by atoms with van der Waals surface area (Å²) in [6.07, 6.45) is 1.54. The molecule has 6 nitrogen and oxygen atoms in total. The van der Waals surface area contributed by atoms with Gasteiger partial charge in [0.25, 0.3) is 5.91 Å². The third-order valence-corrected chi connectivity index (χ3v) is 4.79. The lowest BCUT2D eigenvalue weighted by atomic mass is 10.1. The number of nitrogens with one attached hydrogen (secondary N) is 2. The lowest BCUT2D eigenvalue weighted by molar-refractivity contribution is 0.102. The van der Waals surface area contributed by atoms with Crippen molar-refractivity contribution in [2.75, 3.05) is 17.7 Å². The number of rotatable bonds is 5. The van der Waals surface area contributed by atoms with Gasteiger partial charge in [0.2, 0.25) is 5.95 Å². The van der Waals surface area contributed by atoms with Crippen LogP contribution in [0.25, 0.3) is 0 Å². The fourth-order valence-corrected chi connectivity index (χ4v) is 2.76. The summed E-state index contributed by atoms with van der Waals surface area (Å²) in [5.74, 6) is 0.451. The quantitative estimate of drug-likeness (QED) is 0.630. The summed E-state index contributed by atoms with van der Waals surface area (Å²) in [5, 5.41) is 6.51. The zero-order chi connectivity index (χ0) is 20.3. The van der Waals surface area contributed by atoms with Crippen molar-refractivity contribution in [2.45, 2.75) is 20.8 Å². The van der Waals surface area contributed by atoms with Gasteiger partial charge in [-0.3, -0.25) is 4.79 Å². The van der Waals surface area contributed by atoms with Crippen molar-refractivity contribution in [3.8, 4) is 5.75 Å². The molecule has 2 N–H and O–H groups in total. The highest BCUT2D eigenvalue weighted by atomic mass is 35.5. The van der Waals surface area contributed by atoms with Crippen LogP contribution in [-0.2, 0) is 0 Å². The van der Waals surface area contributed by atoms with Gasteiger partial charge in [-0.1, -0.05) is 17.7 Å². The van der Waals surface area contributed by atoms with Gasteiger partial charge in [-0.25, -0.2) is 9.97 Å². The van der Waals surface area contributed by atoms with Gasteiger partial charge in [-0.15, -0.1) is 0 Å². The van der Waals surface area contributed by atoms with E-state index in [1.54, 1.807) is 18.2 Å². The summed E-state index contributed by atoms with van der Waals surface area (Å²) in [4.78, 5) is 21.2. The van der Waals surface area contributed by atoms with E-state index in [1.165, 1.54) is 18.9 Å². The number of carbonyl (C=O) groups excluding carboxylic acids is 1. The van der Waals surface area contributed by atoms with E-state index in [1.807, 2.05) is 39.0 Å². The molecule has 7 heteroatoms. The number of hydrogen-bond donors (Lipinski definition) is 2. The van der Waals surface area contributed by atoms with Crippen molar-refractivity contribution >= 4 is 34.8 Å². The molecule has 3 rings (SSSR count). The molecule has 0 aliphatic carbocycles. The standard InChI is InChI=1S/C21H21ClN4O2/c1-12-5-6-15(9-13(12)2)24-21-23-8-7-17(26-21)20(27)25-18-10-14(3)16(22)11-19(18)28-4/h5-11H,1-4H3,(H,25,27)(H,23,24,26). The Hall–Kier alpha value is -3.12. The van der Waals surface area contributed by atoms with Gasteiger partial charge in [0.1, 0.15) is 11.4 Å². The van der Waals surface area contributed by atoms with Crippen molar-refractivity contribution in [1.82, 2.24) is 9.97 Å². The topological polar surface area (TPSA) is 76.1 Å². The van der Waals surface area contributed by atoms with Gasteiger partial charge >= 0.3 is 0 Å². The Bertz CT molecular complexity index is 1040. The number of aromatic nitrogens is 2. The second-order valence-electron chi connectivity index (χ2n) is 6.45. The first kappa shape index (κ1) is 19.6. The number of hydrogen-bond acceptors (Lipinski definition) is 5. The summed E-state index contributed by atoms with van der Waals surface area (Å²) >= 11 is 6.12. The molecule has 1 amide bonds. The maximum atomic E-state index is 12.7. The number of carbonyl (C=O) groups is 1. The number of nitrogens with zero attached hydrogens (tertiary/aromatic N) is 2. The predicted octanol–water partition coefficient (Wildman–Crippen LogP) is 5.06. The van der Waals surface area contributed by atoms with E-state index < -0.39 is 0 Å². The SMILES string of the molecule is COc1cc(Cl)c(C)cc1NC(=O)c1ccnc(Nc2ccc(C)c(C)c2)n1. The number of halogens is 1. The molecule has 0 aliphatic rings. The summed E-state index contributed by atoms with van der Waals surface area (Å²) in [5.41, 5.74) is 4.80. The molecule has 0 bridgehead atoms. The Balaban J connectivity index is 1.81. The molecule has 0 atom stereocenters. The molecule has 144 valence electrons. The zero-order valence-electron chi connectivity index (χ0n) is 16.1.